The first-order chi connectivity index (χ1) is 11.2. The molecule has 0 unspecified atom stereocenters. The molecule has 2 aromatic rings. The highest BCUT2D eigenvalue weighted by atomic mass is 19.1. The number of amides is 1. The van der Waals surface area contributed by atoms with Gasteiger partial charge in [0.15, 0.2) is 11.6 Å². The van der Waals surface area contributed by atoms with Crippen LogP contribution in [0, 0.1) is 11.2 Å². The zero-order valence-electron chi connectivity index (χ0n) is 14.1. The van der Waals surface area contributed by atoms with Crippen molar-refractivity contribution in [2.45, 2.75) is 27.3 Å². The van der Waals surface area contributed by atoms with Gasteiger partial charge in [-0.1, -0.05) is 26.8 Å². The van der Waals surface area contributed by atoms with Gasteiger partial charge in [0.1, 0.15) is 0 Å². The van der Waals surface area contributed by atoms with E-state index in [9.17, 15) is 9.18 Å². The number of carbonyl (C=O) groups is 1. The maximum atomic E-state index is 14.1. The molecule has 0 aliphatic heterocycles. The van der Waals surface area contributed by atoms with Gasteiger partial charge in [0.2, 0.25) is 11.8 Å². The number of nitrogens with zero attached hydrogens (tertiary/aromatic N) is 1. The Hall–Kier alpha value is -2.47. The van der Waals surface area contributed by atoms with Gasteiger partial charge in [-0.3, -0.25) is 4.79 Å². The maximum Gasteiger partial charge on any atom is 0.250 e. The van der Waals surface area contributed by atoms with Crippen LogP contribution in [0.2, 0.25) is 0 Å². The van der Waals surface area contributed by atoms with Gasteiger partial charge in [0.25, 0.3) is 0 Å². The highest BCUT2D eigenvalue weighted by Crippen LogP contribution is 2.24. The van der Waals surface area contributed by atoms with Crippen LogP contribution in [0.5, 0.6) is 11.6 Å². The van der Waals surface area contributed by atoms with Gasteiger partial charge in [-0.25, -0.2) is 9.37 Å². The number of pyridine rings is 1. The molecule has 0 spiro atoms. The standard InChI is InChI=1S/C18H22FN3O2/c1-18(2,3)11-21-9-12-4-6-15(14(19)8-12)24-16-7-5-13(10-22-16)17(20)23/h4-8,10,21H,9,11H2,1-3H3,(H2,20,23). The molecule has 0 aliphatic carbocycles. The second-order valence-corrected chi connectivity index (χ2v) is 6.78. The summed E-state index contributed by atoms with van der Waals surface area (Å²) in [4.78, 5) is 14.9. The minimum absolute atomic E-state index is 0.0777. The van der Waals surface area contributed by atoms with E-state index in [4.69, 9.17) is 10.5 Å². The normalized spacial score (nSPS) is 11.3. The van der Waals surface area contributed by atoms with Gasteiger partial charge in [-0.05, 0) is 29.2 Å². The van der Waals surface area contributed by atoms with E-state index >= 15 is 0 Å². The number of primary amides is 1. The molecule has 1 heterocycles. The largest absolute Gasteiger partial charge is 0.436 e. The first-order valence-corrected chi connectivity index (χ1v) is 7.67. The quantitative estimate of drug-likeness (QED) is 0.852. The average molecular weight is 331 g/mol. The molecule has 128 valence electrons. The number of nitrogens with two attached hydrogens (primary N) is 1. The summed E-state index contributed by atoms with van der Waals surface area (Å²) in [6.45, 7) is 7.82. The lowest BCUT2D eigenvalue weighted by atomic mass is 9.97. The van der Waals surface area contributed by atoms with Crippen molar-refractivity contribution in [3.63, 3.8) is 0 Å². The van der Waals surface area contributed by atoms with Gasteiger partial charge < -0.3 is 15.8 Å². The molecule has 0 fully saturated rings. The van der Waals surface area contributed by atoms with Crippen molar-refractivity contribution < 1.29 is 13.9 Å². The number of ether oxygens (including phenoxy) is 1. The van der Waals surface area contributed by atoms with E-state index in [1.807, 2.05) is 0 Å². The highest BCUT2D eigenvalue weighted by Gasteiger charge is 2.11. The monoisotopic (exact) mass is 331 g/mol. The first kappa shape index (κ1) is 17.9. The van der Waals surface area contributed by atoms with Gasteiger partial charge in [0, 0.05) is 25.4 Å². The molecule has 1 aromatic heterocycles. The lowest BCUT2D eigenvalue weighted by Gasteiger charge is -2.18. The Balaban J connectivity index is 2.00. The minimum atomic E-state index is -0.577. The average Bonchev–Trinajstić information content (AvgIpc) is 2.49. The second-order valence-electron chi connectivity index (χ2n) is 6.78. The van der Waals surface area contributed by atoms with Crippen molar-refractivity contribution in [2.24, 2.45) is 11.1 Å². The number of nitrogens with one attached hydrogen (secondary N) is 1. The fraction of sp³-hybridized carbons (Fsp3) is 0.333. The Bertz CT molecular complexity index is 709. The molecule has 1 amide bonds. The van der Waals surface area contributed by atoms with Gasteiger partial charge >= 0.3 is 0 Å². The molecule has 5 nitrogen and oxygen atoms in total. The van der Waals surface area contributed by atoms with Crippen LogP contribution in [0.15, 0.2) is 36.5 Å². The van der Waals surface area contributed by atoms with Crippen LogP contribution >= 0.6 is 0 Å². The number of aromatic nitrogens is 1. The number of rotatable bonds is 6. The maximum absolute atomic E-state index is 14.1. The Morgan fingerprint density at radius 1 is 1.29 bits per heavy atom. The molecule has 0 saturated carbocycles. The predicted octanol–water partition coefficient (Wildman–Crippen LogP) is 3.25. The molecule has 1 aromatic carbocycles. The summed E-state index contributed by atoms with van der Waals surface area (Å²) in [6, 6.07) is 7.74. The van der Waals surface area contributed by atoms with Crippen LogP contribution in [-0.4, -0.2) is 17.4 Å². The fourth-order valence-corrected chi connectivity index (χ4v) is 2.02. The molecular formula is C18H22FN3O2. The summed E-state index contributed by atoms with van der Waals surface area (Å²) in [7, 11) is 0. The van der Waals surface area contributed by atoms with E-state index in [0.29, 0.717) is 6.54 Å². The van der Waals surface area contributed by atoms with Gasteiger partial charge in [0.05, 0.1) is 5.56 Å². The molecular weight excluding hydrogens is 309 g/mol. The van der Waals surface area contributed by atoms with Crippen LogP contribution < -0.4 is 15.8 Å². The van der Waals surface area contributed by atoms with Crippen molar-refractivity contribution in [1.82, 2.24) is 10.3 Å². The Labute approximate surface area is 141 Å². The summed E-state index contributed by atoms with van der Waals surface area (Å²) in [5.74, 6) is -0.774. The summed E-state index contributed by atoms with van der Waals surface area (Å²) in [6.07, 6.45) is 1.29. The van der Waals surface area contributed by atoms with E-state index in [2.05, 4.69) is 31.1 Å². The lowest BCUT2D eigenvalue weighted by molar-refractivity contribution is 0.1000. The summed E-state index contributed by atoms with van der Waals surface area (Å²) < 4.78 is 19.5. The Morgan fingerprint density at radius 3 is 2.58 bits per heavy atom. The number of carbonyl (C=O) groups excluding carboxylic acids is 1. The zero-order valence-corrected chi connectivity index (χ0v) is 14.1. The third-order valence-corrected chi connectivity index (χ3v) is 3.22. The zero-order chi connectivity index (χ0) is 17.7. The molecule has 0 saturated heterocycles. The molecule has 2 rings (SSSR count). The SMILES string of the molecule is CC(C)(C)CNCc1ccc(Oc2ccc(C(N)=O)cn2)c(F)c1. The lowest BCUT2D eigenvalue weighted by Crippen LogP contribution is -2.26. The van der Waals surface area contributed by atoms with E-state index in [1.165, 1.54) is 24.4 Å². The van der Waals surface area contributed by atoms with Crippen molar-refractivity contribution >= 4 is 5.91 Å². The predicted molar refractivity (Wildman–Crippen MR) is 90.4 cm³/mol. The van der Waals surface area contributed by atoms with Crippen LogP contribution in [0.25, 0.3) is 0 Å². The Morgan fingerprint density at radius 2 is 2.04 bits per heavy atom. The van der Waals surface area contributed by atoms with Crippen LogP contribution in [0.3, 0.4) is 0 Å². The van der Waals surface area contributed by atoms with E-state index in [-0.39, 0.29) is 22.6 Å². The molecule has 0 atom stereocenters. The van der Waals surface area contributed by atoms with Crippen molar-refractivity contribution in [1.29, 1.82) is 0 Å². The highest BCUT2D eigenvalue weighted by molar-refractivity contribution is 5.92. The molecule has 6 heteroatoms. The Kier molecular flexibility index (Phi) is 5.51. The van der Waals surface area contributed by atoms with Gasteiger partial charge in [-0.2, -0.15) is 0 Å². The number of hydrogen-bond donors (Lipinski definition) is 2. The molecule has 0 bridgehead atoms. The second kappa shape index (κ2) is 7.40. The number of benzene rings is 1. The minimum Gasteiger partial charge on any atom is -0.436 e. The van der Waals surface area contributed by atoms with E-state index in [0.717, 1.165) is 12.1 Å². The number of halogens is 1. The smallest absolute Gasteiger partial charge is 0.250 e. The third-order valence-electron chi connectivity index (χ3n) is 3.22. The summed E-state index contributed by atoms with van der Waals surface area (Å²) >= 11 is 0. The number of hydrogen-bond acceptors (Lipinski definition) is 4. The van der Waals surface area contributed by atoms with E-state index < -0.39 is 11.7 Å². The molecule has 3 N–H and O–H groups in total. The summed E-state index contributed by atoms with van der Waals surface area (Å²) in [5.41, 5.74) is 6.41. The fourth-order valence-electron chi connectivity index (χ4n) is 2.02. The molecule has 0 aliphatic rings. The van der Waals surface area contributed by atoms with Crippen molar-refractivity contribution in [2.75, 3.05) is 6.54 Å². The van der Waals surface area contributed by atoms with Crippen LogP contribution in [0.4, 0.5) is 4.39 Å². The summed E-state index contributed by atoms with van der Waals surface area (Å²) in [5, 5.41) is 3.29. The topological polar surface area (TPSA) is 77.2 Å². The molecule has 0 radical (unpaired) electrons. The van der Waals surface area contributed by atoms with Crippen molar-refractivity contribution in [3.8, 4) is 11.6 Å². The van der Waals surface area contributed by atoms with Crippen molar-refractivity contribution in [3.05, 3.63) is 53.5 Å². The van der Waals surface area contributed by atoms with E-state index in [1.54, 1.807) is 12.1 Å². The van der Waals surface area contributed by atoms with Crippen LogP contribution in [-0.2, 0) is 6.54 Å². The van der Waals surface area contributed by atoms with Gasteiger partial charge in [-0.15, -0.1) is 0 Å². The third kappa shape index (κ3) is 5.31. The first-order valence-electron chi connectivity index (χ1n) is 7.67. The van der Waals surface area contributed by atoms with Crippen LogP contribution in [0.1, 0.15) is 36.7 Å². The molecule has 24 heavy (non-hydrogen) atoms.